The lowest BCUT2D eigenvalue weighted by molar-refractivity contribution is -0.137. The van der Waals surface area contributed by atoms with Crippen molar-refractivity contribution in [1.29, 1.82) is 5.26 Å². The van der Waals surface area contributed by atoms with Crippen LogP contribution in [0, 0.1) is 17.2 Å². The van der Waals surface area contributed by atoms with Gasteiger partial charge in [-0.1, -0.05) is 54.6 Å². The summed E-state index contributed by atoms with van der Waals surface area (Å²) in [6.07, 6.45) is -4.73. The molecule has 6 nitrogen and oxygen atoms in total. The Kier molecular flexibility index (Phi) is 6.59. The first-order chi connectivity index (χ1) is 19.3. The monoisotopic (exact) mass is 546 g/mol. The number of Topliss-reactive ketones (excluding diaryl/α,β-unsaturated/α-hetero) is 1. The minimum atomic E-state index is -4.75. The smallest absolute Gasteiger partial charge is 0.417 e. The molecular formula is C31H25F3N2O4. The lowest BCUT2D eigenvalue weighted by Crippen LogP contribution is -2.60. The zero-order chi connectivity index (χ0) is 28.0. The van der Waals surface area contributed by atoms with Gasteiger partial charge in [0.1, 0.15) is 6.61 Å². The zero-order valence-electron chi connectivity index (χ0n) is 21.4. The van der Waals surface area contributed by atoms with Gasteiger partial charge in [0.2, 0.25) is 0 Å². The Morgan fingerprint density at radius 2 is 1.55 bits per heavy atom. The standard InChI is InChI=1S/C31H25F3N2O4/c32-31(33,34)28-13-18(9-10-19(28)14-35)29(37)20-11-21-15-39-16-22(12-20)36(21)30(38)40-17-27-25-7-3-1-5-23(25)24-6-2-4-8-26(24)27/h1-10,13,20-22,27H,11-12,15-17H2. The number of fused-ring (bicyclic) bond motifs is 5. The summed E-state index contributed by atoms with van der Waals surface area (Å²) >= 11 is 0. The zero-order valence-corrected chi connectivity index (χ0v) is 21.4. The molecule has 0 N–H and O–H groups in total. The quantitative estimate of drug-likeness (QED) is 0.365. The van der Waals surface area contributed by atoms with Crippen molar-refractivity contribution < 1.29 is 32.2 Å². The Labute approximate surface area is 228 Å². The van der Waals surface area contributed by atoms with Gasteiger partial charge in [-0.2, -0.15) is 18.4 Å². The van der Waals surface area contributed by atoms with Crippen LogP contribution in [0.3, 0.4) is 0 Å². The molecule has 2 heterocycles. The molecule has 40 heavy (non-hydrogen) atoms. The first-order valence-electron chi connectivity index (χ1n) is 13.1. The fraction of sp³-hybridized carbons (Fsp3) is 0.323. The second kappa shape index (κ2) is 10.1. The van der Waals surface area contributed by atoms with Gasteiger partial charge in [0.05, 0.1) is 42.5 Å². The molecule has 9 heteroatoms. The summed E-state index contributed by atoms with van der Waals surface area (Å²) in [7, 11) is 0. The van der Waals surface area contributed by atoms with E-state index in [2.05, 4.69) is 12.1 Å². The Morgan fingerprint density at radius 1 is 0.950 bits per heavy atom. The van der Waals surface area contributed by atoms with Gasteiger partial charge in [-0.25, -0.2) is 4.79 Å². The number of alkyl halides is 3. The number of rotatable bonds is 4. The van der Waals surface area contributed by atoms with Crippen LogP contribution in [0.15, 0.2) is 66.7 Å². The van der Waals surface area contributed by atoms with Crippen LogP contribution in [-0.2, 0) is 15.7 Å². The molecule has 1 amide bonds. The Hall–Kier alpha value is -4.16. The molecular weight excluding hydrogens is 521 g/mol. The highest BCUT2D eigenvalue weighted by atomic mass is 19.4. The van der Waals surface area contributed by atoms with Gasteiger partial charge < -0.3 is 9.47 Å². The predicted octanol–water partition coefficient (Wildman–Crippen LogP) is 6.19. The van der Waals surface area contributed by atoms with Gasteiger partial charge in [-0.3, -0.25) is 9.69 Å². The molecule has 2 unspecified atom stereocenters. The lowest BCUT2D eigenvalue weighted by atomic mass is 9.80. The number of hydrogen-bond acceptors (Lipinski definition) is 5. The summed E-state index contributed by atoms with van der Waals surface area (Å²) in [5, 5.41) is 9.06. The Balaban J connectivity index is 1.17. The first kappa shape index (κ1) is 26.1. The minimum absolute atomic E-state index is 0.0919. The van der Waals surface area contributed by atoms with Crippen molar-refractivity contribution in [3.8, 4) is 17.2 Å². The average molecular weight is 547 g/mol. The largest absolute Gasteiger partial charge is 0.448 e. The SMILES string of the molecule is N#Cc1ccc(C(=O)C2CC3COCC(C2)N3C(=O)OCC2c3ccccc3-c3ccccc32)cc1C(F)(F)F. The molecule has 2 fully saturated rings. The summed E-state index contributed by atoms with van der Waals surface area (Å²) in [5.41, 5.74) is 2.71. The maximum Gasteiger partial charge on any atom is 0.417 e. The van der Waals surface area contributed by atoms with Crippen LogP contribution in [0.1, 0.15) is 51.4 Å². The van der Waals surface area contributed by atoms with Crippen molar-refractivity contribution in [1.82, 2.24) is 4.90 Å². The molecule has 2 atom stereocenters. The molecule has 6 rings (SSSR count). The number of nitrogens with zero attached hydrogens (tertiary/aromatic N) is 2. The highest BCUT2D eigenvalue weighted by Crippen LogP contribution is 2.45. The van der Waals surface area contributed by atoms with Crippen molar-refractivity contribution in [3.63, 3.8) is 0 Å². The van der Waals surface area contributed by atoms with Crippen LogP contribution in [0.2, 0.25) is 0 Å². The summed E-state index contributed by atoms with van der Waals surface area (Å²) < 4.78 is 51.9. The number of hydrogen-bond donors (Lipinski definition) is 0. The van der Waals surface area contributed by atoms with Gasteiger partial charge in [-0.15, -0.1) is 0 Å². The second-order valence-electron chi connectivity index (χ2n) is 10.5. The average Bonchev–Trinajstić information content (AvgIpc) is 3.27. The van der Waals surface area contributed by atoms with Crippen LogP contribution in [0.25, 0.3) is 11.1 Å². The van der Waals surface area contributed by atoms with Gasteiger partial charge >= 0.3 is 12.3 Å². The van der Waals surface area contributed by atoms with E-state index in [0.717, 1.165) is 34.4 Å². The predicted molar refractivity (Wildman–Crippen MR) is 139 cm³/mol. The molecule has 3 aromatic carbocycles. The van der Waals surface area contributed by atoms with E-state index < -0.39 is 47.2 Å². The van der Waals surface area contributed by atoms with Gasteiger partial charge in [0.25, 0.3) is 0 Å². The number of morpholine rings is 1. The number of ketones is 1. The van der Waals surface area contributed by atoms with Crippen molar-refractivity contribution in [2.75, 3.05) is 19.8 Å². The van der Waals surface area contributed by atoms with Gasteiger partial charge in [0, 0.05) is 17.4 Å². The van der Waals surface area contributed by atoms with E-state index in [4.69, 9.17) is 14.7 Å². The number of ether oxygens (including phenoxy) is 2. The molecule has 2 aliphatic heterocycles. The van der Waals surface area contributed by atoms with E-state index in [1.807, 2.05) is 36.4 Å². The third-order valence-corrected chi connectivity index (χ3v) is 8.17. The first-order valence-corrected chi connectivity index (χ1v) is 13.1. The highest BCUT2D eigenvalue weighted by Gasteiger charge is 2.45. The number of piperidine rings is 1. The second-order valence-corrected chi connectivity index (χ2v) is 10.5. The van der Waals surface area contributed by atoms with Crippen LogP contribution in [0.4, 0.5) is 18.0 Å². The maximum absolute atomic E-state index is 13.5. The molecule has 2 saturated heterocycles. The maximum atomic E-state index is 13.5. The summed E-state index contributed by atoms with van der Waals surface area (Å²) in [5.74, 6) is -1.10. The van der Waals surface area contributed by atoms with E-state index in [1.54, 1.807) is 4.90 Å². The summed E-state index contributed by atoms with van der Waals surface area (Å²) in [6, 6.07) is 19.8. The van der Waals surface area contributed by atoms with Gasteiger partial charge in [-0.05, 0) is 47.2 Å². The molecule has 3 aromatic rings. The van der Waals surface area contributed by atoms with Crippen molar-refractivity contribution in [2.45, 2.75) is 37.0 Å². The van der Waals surface area contributed by atoms with E-state index >= 15 is 0 Å². The summed E-state index contributed by atoms with van der Waals surface area (Å²) in [6.45, 7) is 0.592. The third-order valence-electron chi connectivity index (χ3n) is 8.17. The van der Waals surface area contributed by atoms with Crippen LogP contribution in [-0.4, -0.2) is 48.7 Å². The van der Waals surface area contributed by atoms with E-state index in [-0.39, 0.29) is 44.1 Å². The minimum Gasteiger partial charge on any atom is -0.448 e. The molecule has 1 aliphatic carbocycles. The van der Waals surface area contributed by atoms with E-state index in [1.165, 1.54) is 12.1 Å². The normalized spacial score (nSPS) is 21.8. The summed E-state index contributed by atoms with van der Waals surface area (Å²) in [4.78, 5) is 28.3. The number of amides is 1. The lowest BCUT2D eigenvalue weighted by Gasteiger charge is -2.47. The fourth-order valence-corrected chi connectivity index (χ4v) is 6.36. The molecule has 0 spiro atoms. The van der Waals surface area contributed by atoms with E-state index in [0.29, 0.717) is 0 Å². The fourth-order valence-electron chi connectivity index (χ4n) is 6.36. The number of benzene rings is 3. The Morgan fingerprint density at radius 3 is 2.12 bits per heavy atom. The molecule has 0 saturated carbocycles. The molecule has 0 radical (unpaired) electrons. The Bertz CT molecular complexity index is 1470. The molecule has 204 valence electrons. The van der Waals surface area contributed by atoms with Crippen molar-refractivity contribution >= 4 is 11.9 Å². The molecule has 3 aliphatic rings. The van der Waals surface area contributed by atoms with Gasteiger partial charge in [0.15, 0.2) is 5.78 Å². The van der Waals surface area contributed by atoms with Crippen LogP contribution in [0.5, 0.6) is 0 Å². The third kappa shape index (κ3) is 4.52. The number of carbonyl (C=O) groups excluding carboxylic acids is 2. The molecule has 0 aromatic heterocycles. The number of nitriles is 1. The number of carbonyl (C=O) groups is 2. The van der Waals surface area contributed by atoms with Crippen LogP contribution < -0.4 is 0 Å². The number of halogens is 3. The highest BCUT2D eigenvalue weighted by molar-refractivity contribution is 5.98. The van der Waals surface area contributed by atoms with Crippen molar-refractivity contribution in [3.05, 3.63) is 94.5 Å². The molecule has 2 bridgehead atoms. The van der Waals surface area contributed by atoms with Crippen molar-refractivity contribution in [2.24, 2.45) is 5.92 Å². The van der Waals surface area contributed by atoms with E-state index in [9.17, 15) is 22.8 Å². The van der Waals surface area contributed by atoms with Crippen LogP contribution >= 0.6 is 0 Å². The topological polar surface area (TPSA) is 79.6 Å².